The number of guanidine groups is 1. The van der Waals surface area contributed by atoms with Gasteiger partial charge in [0.2, 0.25) is 0 Å². The molecule has 1 aliphatic carbocycles. The van der Waals surface area contributed by atoms with Gasteiger partial charge >= 0.3 is 0 Å². The summed E-state index contributed by atoms with van der Waals surface area (Å²) in [6.45, 7) is 6.33. The largest absolute Gasteiger partial charge is 0.385 e. The van der Waals surface area contributed by atoms with E-state index >= 15 is 0 Å². The van der Waals surface area contributed by atoms with Crippen LogP contribution in [-0.2, 0) is 4.74 Å². The van der Waals surface area contributed by atoms with Gasteiger partial charge in [-0.2, -0.15) is 0 Å². The van der Waals surface area contributed by atoms with Gasteiger partial charge in [0, 0.05) is 39.6 Å². The van der Waals surface area contributed by atoms with Crippen molar-refractivity contribution in [1.29, 1.82) is 0 Å². The molecular weight excluding hydrogens is 250 g/mol. The molecule has 0 aromatic heterocycles. The molecule has 112 valence electrons. The predicted molar refractivity (Wildman–Crippen MR) is 81.6 cm³/mol. The molecular formula is C16H27N3O. The van der Waals surface area contributed by atoms with Crippen LogP contribution in [0.1, 0.15) is 32.6 Å². The molecule has 2 heterocycles. The van der Waals surface area contributed by atoms with Gasteiger partial charge in [-0.05, 0) is 55.9 Å². The standard InChI is InChI=1S/C16H27N3O/c1-12-10-17-16(18-11-12)19-6-3-13(4-7-19)15-9-14(15)5-8-20-2/h10,13-15H,3-9,11H2,1-2H3,(H,17,18)/t14-,15-/m1/s1. The lowest BCUT2D eigenvalue weighted by molar-refractivity contribution is 0.181. The molecule has 0 aromatic carbocycles. The number of likely N-dealkylation sites (tertiary alicyclic amines) is 1. The first kappa shape index (κ1) is 13.9. The molecule has 0 radical (unpaired) electrons. The topological polar surface area (TPSA) is 36.9 Å². The maximum absolute atomic E-state index is 5.20. The summed E-state index contributed by atoms with van der Waals surface area (Å²) in [6, 6.07) is 0. The fourth-order valence-electron chi connectivity index (χ4n) is 3.66. The van der Waals surface area contributed by atoms with E-state index in [0.717, 1.165) is 50.0 Å². The molecule has 1 saturated carbocycles. The molecule has 4 nitrogen and oxygen atoms in total. The molecule has 2 aliphatic heterocycles. The fourth-order valence-corrected chi connectivity index (χ4v) is 3.66. The first-order valence-corrected chi connectivity index (χ1v) is 7.99. The minimum absolute atomic E-state index is 0.937. The Morgan fingerprint density at radius 3 is 2.85 bits per heavy atom. The number of hydrogen-bond acceptors (Lipinski definition) is 4. The van der Waals surface area contributed by atoms with Gasteiger partial charge in [-0.1, -0.05) is 0 Å². The van der Waals surface area contributed by atoms with Crippen LogP contribution in [0.2, 0.25) is 0 Å². The average molecular weight is 277 g/mol. The van der Waals surface area contributed by atoms with Gasteiger partial charge in [0.05, 0.1) is 0 Å². The number of ether oxygens (including phenoxy) is 1. The van der Waals surface area contributed by atoms with Gasteiger partial charge in [-0.25, -0.2) is 4.99 Å². The SMILES string of the molecule is COCC[C@@H]1C[C@@H]1C1CCN(C2=NC=C(C)CN2)CC1. The highest BCUT2D eigenvalue weighted by Gasteiger charge is 2.43. The Labute approximate surface area is 122 Å². The van der Waals surface area contributed by atoms with Crippen LogP contribution >= 0.6 is 0 Å². The monoisotopic (exact) mass is 277 g/mol. The van der Waals surface area contributed by atoms with Crippen LogP contribution < -0.4 is 5.32 Å². The second kappa shape index (κ2) is 6.17. The first-order chi connectivity index (χ1) is 9.78. The summed E-state index contributed by atoms with van der Waals surface area (Å²) in [7, 11) is 1.81. The number of nitrogens with zero attached hydrogens (tertiary/aromatic N) is 2. The molecule has 4 heteroatoms. The van der Waals surface area contributed by atoms with Crippen molar-refractivity contribution in [3.05, 3.63) is 11.8 Å². The van der Waals surface area contributed by atoms with E-state index in [0.29, 0.717) is 0 Å². The van der Waals surface area contributed by atoms with Crippen molar-refractivity contribution in [2.75, 3.05) is 33.4 Å². The molecule has 20 heavy (non-hydrogen) atoms. The van der Waals surface area contributed by atoms with Crippen molar-refractivity contribution in [3.63, 3.8) is 0 Å². The fraction of sp³-hybridized carbons (Fsp3) is 0.812. The summed E-state index contributed by atoms with van der Waals surface area (Å²) in [4.78, 5) is 6.95. The predicted octanol–water partition coefficient (Wildman–Crippen LogP) is 2.23. The maximum atomic E-state index is 5.20. The quantitative estimate of drug-likeness (QED) is 0.856. The molecule has 1 N–H and O–H groups in total. The minimum atomic E-state index is 0.937. The van der Waals surface area contributed by atoms with Crippen LogP contribution in [0.15, 0.2) is 16.8 Å². The normalized spacial score (nSPS) is 30.6. The number of nitrogens with one attached hydrogen (secondary N) is 1. The van der Waals surface area contributed by atoms with E-state index < -0.39 is 0 Å². The first-order valence-electron chi connectivity index (χ1n) is 7.99. The summed E-state index contributed by atoms with van der Waals surface area (Å²) in [5.74, 6) is 3.95. The molecule has 0 amide bonds. The Bertz CT molecular complexity index is 397. The summed E-state index contributed by atoms with van der Waals surface area (Å²) in [5, 5.41) is 3.43. The highest BCUT2D eigenvalue weighted by atomic mass is 16.5. The van der Waals surface area contributed by atoms with Crippen LogP contribution in [0, 0.1) is 17.8 Å². The lowest BCUT2D eigenvalue weighted by Crippen LogP contribution is -2.47. The Kier molecular flexibility index (Phi) is 4.29. The van der Waals surface area contributed by atoms with Crippen LogP contribution in [0.3, 0.4) is 0 Å². The Morgan fingerprint density at radius 1 is 1.40 bits per heavy atom. The van der Waals surface area contributed by atoms with Gasteiger partial charge in [0.15, 0.2) is 5.96 Å². The van der Waals surface area contributed by atoms with Gasteiger partial charge in [0.1, 0.15) is 0 Å². The molecule has 0 bridgehead atoms. The van der Waals surface area contributed by atoms with Crippen molar-refractivity contribution >= 4 is 5.96 Å². The second-order valence-corrected chi connectivity index (χ2v) is 6.55. The summed E-state index contributed by atoms with van der Waals surface area (Å²) in [5.41, 5.74) is 1.31. The highest BCUT2D eigenvalue weighted by Crippen LogP contribution is 2.49. The molecule has 0 aromatic rings. The van der Waals surface area contributed by atoms with Crippen molar-refractivity contribution in [3.8, 4) is 0 Å². The van der Waals surface area contributed by atoms with E-state index in [2.05, 4.69) is 22.1 Å². The Morgan fingerprint density at radius 2 is 2.20 bits per heavy atom. The third kappa shape index (κ3) is 3.17. The third-order valence-corrected chi connectivity index (χ3v) is 5.05. The molecule has 3 aliphatic rings. The third-order valence-electron chi connectivity index (χ3n) is 5.05. The zero-order valence-electron chi connectivity index (χ0n) is 12.8. The van der Waals surface area contributed by atoms with Gasteiger partial charge in [-0.15, -0.1) is 0 Å². The molecule has 0 unspecified atom stereocenters. The lowest BCUT2D eigenvalue weighted by atomic mass is 9.90. The van der Waals surface area contributed by atoms with Crippen LogP contribution in [-0.4, -0.2) is 44.2 Å². The van der Waals surface area contributed by atoms with Crippen molar-refractivity contribution in [2.45, 2.75) is 32.6 Å². The number of methoxy groups -OCH3 is 1. The average Bonchev–Trinajstić information content (AvgIpc) is 3.26. The van der Waals surface area contributed by atoms with Crippen molar-refractivity contribution < 1.29 is 4.74 Å². The van der Waals surface area contributed by atoms with E-state index in [-0.39, 0.29) is 0 Å². The Hall–Kier alpha value is -1.03. The van der Waals surface area contributed by atoms with E-state index in [1.54, 1.807) is 0 Å². The van der Waals surface area contributed by atoms with Gasteiger partial charge < -0.3 is 15.0 Å². The smallest absolute Gasteiger partial charge is 0.198 e. The zero-order chi connectivity index (χ0) is 13.9. The maximum Gasteiger partial charge on any atom is 0.198 e. The van der Waals surface area contributed by atoms with Crippen LogP contribution in [0.25, 0.3) is 0 Å². The second-order valence-electron chi connectivity index (χ2n) is 6.55. The minimum Gasteiger partial charge on any atom is -0.385 e. The van der Waals surface area contributed by atoms with Crippen molar-refractivity contribution in [2.24, 2.45) is 22.7 Å². The number of rotatable bonds is 4. The summed E-state index contributed by atoms with van der Waals surface area (Å²) in [6.07, 6.45) is 7.36. The Balaban J connectivity index is 1.44. The van der Waals surface area contributed by atoms with E-state index in [4.69, 9.17) is 4.74 Å². The number of aliphatic imine (C=N–C) groups is 1. The highest BCUT2D eigenvalue weighted by molar-refractivity contribution is 5.81. The molecule has 3 rings (SSSR count). The molecule has 1 saturated heterocycles. The van der Waals surface area contributed by atoms with E-state index in [9.17, 15) is 0 Å². The van der Waals surface area contributed by atoms with E-state index in [1.165, 1.54) is 31.3 Å². The number of piperidine rings is 1. The molecule has 0 spiro atoms. The van der Waals surface area contributed by atoms with E-state index in [1.807, 2.05) is 13.3 Å². The summed E-state index contributed by atoms with van der Waals surface area (Å²) < 4.78 is 5.20. The molecule has 2 fully saturated rings. The van der Waals surface area contributed by atoms with Gasteiger partial charge in [-0.3, -0.25) is 0 Å². The van der Waals surface area contributed by atoms with Crippen LogP contribution in [0.4, 0.5) is 0 Å². The zero-order valence-corrected chi connectivity index (χ0v) is 12.8. The lowest BCUT2D eigenvalue weighted by Gasteiger charge is -2.35. The van der Waals surface area contributed by atoms with Crippen molar-refractivity contribution in [1.82, 2.24) is 10.2 Å². The van der Waals surface area contributed by atoms with Gasteiger partial charge in [0.25, 0.3) is 0 Å². The summed E-state index contributed by atoms with van der Waals surface area (Å²) >= 11 is 0. The molecule has 2 atom stereocenters. The van der Waals surface area contributed by atoms with Crippen LogP contribution in [0.5, 0.6) is 0 Å². The number of hydrogen-bond donors (Lipinski definition) is 1.